The Hall–Kier alpha value is -5.50. The molecule has 41 heavy (non-hydrogen) atoms. The van der Waals surface area contributed by atoms with Crippen molar-refractivity contribution < 1.29 is 9.59 Å². The van der Waals surface area contributed by atoms with Gasteiger partial charge in [-0.25, -0.2) is 4.98 Å². The van der Waals surface area contributed by atoms with Gasteiger partial charge >= 0.3 is 0 Å². The van der Waals surface area contributed by atoms with Crippen LogP contribution in [0.5, 0.6) is 0 Å². The van der Waals surface area contributed by atoms with E-state index in [2.05, 4.69) is 20.7 Å². The molecule has 0 spiro atoms. The summed E-state index contributed by atoms with van der Waals surface area (Å²) in [5, 5.41) is 10.2. The number of aromatic nitrogens is 4. The number of hydrogen-bond acceptors (Lipinski definition) is 4. The Labute approximate surface area is 237 Å². The monoisotopic (exact) mass is 540 g/mol. The zero-order valence-electron chi connectivity index (χ0n) is 22.4. The normalized spacial score (nSPS) is 11.9. The van der Waals surface area contributed by atoms with Crippen molar-refractivity contribution in [2.45, 2.75) is 12.0 Å². The molecular formula is C33H28N6O2. The van der Waals surface area contributed by atoms with E-state index in [0.29, 0.717) is 11.4 Å². The van der Waals surface area contributed by atoms with Gasteiger partial charge in [-0.15, -0.1) is 0 Å². The SMILES string of the molecule is Cn1nccc1C(=O)NC(C(=O)Nc1ccc(-c2cnc3ccccn23)cc1)C(c1ccccc1)c1ccccc1. The number of benzene rings is 3. The van der Waals surface area contributed by atoms with Gasteiger partial charge in [0.15, 0.2) is 0 Å². The molecule has 8 nitrogen and oxygen atoms in total. The minimum Gasteiger partial charge on any atom is -0.338 e. The number of aryl methyl sites for hydroxylation is 1. The van der Waals surface area contributed by atoms with Gasteiger partial charge in [-0.1, -0.05) is 78.9 Å². The van der Waals surface area contributed by atoms with E-state index in [1.54, 1.807) is 19.3 Å². The van der Waals surface area contributed by atoms with Gasteiger partial charge in [-0.2, -0.15) is 5.10 Å². The molecule has 8 heteroatoms. The second-order valence-electron chi connectivity index (χ2n) is 9.73. The van der Waals surface area contributed by atoms with Crippen LogP contribution < -0.4 is 10.6 Å². The Morgan fingerprint density at radius 1 is 0.780 bits per heavy atom. The molecule has 0 fully saturated rings. The molecule has 0 saturated heterocycles. The molecule has 0 saturated carbocycles. The number of anilines is 1. The second kappa shape index (κ2) is 11.3. The first-order chi connectivity index (χ1) is 20.1. The number of carbonyl (C=O) groups is 2. The Morgan fingerprint density at radius 2 is 1.44 bits per heavy atom. The minimum absolute atomic E-state index is 0.333. The van der Waals surface area contributed by atoms with Crippen LogP contribution in [0.2, 0.25) is 0 Å². The number of rotatable bonds is 8. The third-order valence-electron chi connectivity index (χ3n) is 7.14. The van der Waals surface area contributed by atoms with Crippen molar-refractivity contribution in [1.29, 1.82) is 0 Å². The van der Waals surface area contributed by atoms with E-state index in [4.69, 9.17) is 0 Å². The maximum absolute atomic E-state index is 14.0. The summed E-state index contributed by atoms with van der Waals surface area (Å²) in [6, 6.07) is 33.7. The number of imidazole rings is 1. The predicted octanol–water partition coefficient (Wildman–Crippen LogP) is 5.30. The van der Waals surface area contributed by atoms with Crippen molar-refractivity contribution >= 4 is 23.1 Å². The van der Waals surface area contributed by atoms with Crippen LogP contribution in [0.15, 0.2) is 128 Å². The second-order valence-corrected chi connectivity index (χ2v) is 9.73. The van der Waals surface area contributed by atoms with E-state index in [1.807, 2.05) is 120 Å². The first-order valence-corrected chi connectivity index (χ1v) is 13.3. The van der Waals surface area contributed by atoms with Crippen molar-refractivity contribution in [1.82, 2.24) is 24.5 Å². The quantitative estimate of drug-likeness (QED) is 0.274. The lowest BCUT2D eigenvalue weighted by Gasteiger charge is -2.28. The molecule has 0 radical (unpaired) electrons. The predicted molar refractivity (Wildman–Crippen MR) is 158 cm³/mol. The fraction of sp³-hybridized carbons (Fsp3) is 0.0909. The van der Waals surface area contributed by atoms with Crippen LogP contribution in [0.1, 0.15) is 27.5 Å². The molecule has 0 aliphatic carbocycles. The van der Waals surface area contributed by atoms with Gasteiger partial charge in [-0.05, 0) is 41.5 Å². The summed E-state index contributed by atoms with van der Waals surface area (Å²) in [6.07, 6.45) is 5.36. The van der Waals surface area contributed by atoms with Gasteiger partial charge in [0.1, 0.15) is 17.4 Å². The van der Waals surface area contributed by atoms with E-state index in [-0.39, 0.29) is 11.8 Å². The molecule has 3 aromatic carbocycles. The van der Waals surface area contributed by atoms with Gasteiger partial charge in [-0.3, -0.25) is 18.7 Å². The highest BCUT2D eigenvalue weighted by Crippen LogP contribution is 2.30. The highest BCUT2D eigenvalue weighted by molar-refractivity contribution is 6.01. The molecule has 0 bridgehead atoms. The summed E-state index contributed by atoms with van der Waals surface area (Å²) in [7, 11) is 1.70. The molecule has 1 atom stereocenters. The van der Waals surface area contributed by atoms with Crippen LogP contribution in [0.25, 0.3) is 16.9 Å². The lowest BCUT2D eigenvalue weighted by molar-refractivity contribution is -0.118. The van der Waals surface area contributed by atoms with Gasteiger partial charge in [0.25, 0.3) is 5.91 Å². The van der Waals surface area contributed by atoms with Crippen LogP contribution in [-0.2, 0) is 11.8 Å². The molecular weight excluding hydrogens is 512 g/mol. The molecule has 0 aliphatic rings. The van der Waals surface area contributed by atoms with E-state index in [0.717, 1.165) is 28.0 Å². The third-order valence-corrected chi connectivity index (χ3v) is 7.14. The maximum atomic E-state index is 14.0. The van der Waals surface area contributed by atoms with Crippen LogP contribution in [0.4, 0.5) is 5.69 Å². The molecule has 3 heterocycles. The molecule has 2 N–H and O–H groups in total. The molecule has 1 unspecified atom stereocenters. The van der Waals surface area contributed by atoms with Crippen LogP contribution in [-0.4, -0.2) is 37.0 Å². The van der Waals surface area contributed by atoms with Gasteiger partial charge < -0.3 is 10.6 Å². The van der Waals surface area contributed by atoms with E-state index < -0.39 is 12.0 Å². The average molecular weight is 541 g/mol. The third kappa shape index (κ3) is 5.35. The van der Waals surface area contributed by atoms with Crippen molar-refractivity contribution in [3.63, 3.8) is 0 Å². The standard InChI is InChI=1S/C33H28N6O2/c1-38-27(19-20-35-38)32(40)37-31(30(24-10-4-2-5-11-24)25-12-6-3-7-13-25)33(41)36-26-17-15-23(16-18-26)28-22-34-29-14-8-9-21-39(28)29/h2-22,30-31H,1H3,(H,36,41)(H,37,40). The van der Waals surface area contributed by atoms with Crippen LogP contribution in [0, 0.1) is 0 Å². The van der Waals surface area contributed by atoms with Crippen molar-refractivity contribution in [3.05, 3.63) is 145 Å². The Morgan fingerprint density at radius 3 is 2.07 bits per heavy atom. The van der Waals surface area contributed by atoms with Gasteiger partial charge in [0.05, 0.1) is 11.9 Å². The highest BCUT2D eigenvalue weighted by atomic mass is 16.2. The zero-order valence-corrected chi connectivity index (χ0v) is 22.4. The number of amides is 2. The summed E-state index contributed by atoms with van der Waals surface area (Å²) in [4.78, 5) is 31.9. The Kier molecular flexibility index (Phi) is 7.11. The van der Waals surface area contributed by atoms with Gasteiger partial charge in [0, 0.05) is 36.6 Å². The summed E-state index contributed by atoms with van der Waals surface area (Å²) < 4.78 is 3.51. The summed E-state index contributed by atoms with van der Waals surface area (Å²) in [5.74, 6) is -1.15. The Bertz CT molecular complexity index is 1750. The zero-order chi connectivity index (χ0) is 28.2. The molecule has 6 rings (SSSR count). The molecule has 3 aromatic heterocycles. The highest BCUT2D eigenvalue weighted by Gasteiger charge is 2.33. The lowest BCUT2D eigenvalue weighted by Crippen LogP contribution is -2.48. The van der Waals surface area contributed by atoms with Crippen molar-refractivity contribution in [2.75, 3.05) is 5.32 Å². The fourth-order valence-corrected chi connectivity index (χ4v) is 5.10. The Balaban J connectivity index is 1.33. The number of nitrogens with one attached hydrogen (secondary N) is 2. The molecule has 6 aromatic rings. The van der Waals surface area contributed by atoms with E-state index >= 15 is 0 Å². The number of hydrogen-bond donors (Lipinski definition) is 2. The summed E-state index contributed by atoms with van der Waals surface area (Å²) in [5.41, 5.74) is 5.58. The topological polar surface area (TPSA) is 93.3 Å². The molecule has 2 amide bonds. The first-order valence-electron chi connectivity index (χ1n) is 13.3. The summed E-state index contributed by atoms with van der Waals surface area (Å²) in [6.45, 7) is 0. The molecule has 202 valence electrons. The maximum Gasteiger partial charge on any atom is 0.270 e. The van der Waals surface area contributed by atoms with Crippen LogP contribution in [0.3, 0.4) is 0 Å². The minimum atomic E-state index is -0.916. The first kappa shape index (κ1) is 25.8. The number of pyridine rings is 1. The largest absolute Gasteiger partial charge is 0.338 e. The van der Waals surface area contributed by atoms with E-state index in [1.165, 1.54) is 4.68 Å². The summed E-state index contributed by atoms with van der Waals surface area (Å²) >= 11 is 0. The van der Waals surface area contributed by atoms with Crippen LogP contribution >= 0.6 is 0 Å². The fourth-order valence-electron chi connectivity index (χ4n) is 5.10. The number of fused-ring (bicyclic) bond motifs is 1. The number of carbonyl (C=O) groups excluding carboxylic acids is 2. The smallest absolute Gasteiger partial charge is 0.270 e. The van der Waals surface area contributed by atoms with Gasteiger partial charge in [0.2, 0.25) is 5.91 Å². The van der Waals surface area contributed by atoms with Crippen molar-refractivity contribution in [2.24, 2.45) is 7.05 Å². The number of nitrogens with zero attached hydrogens (tertiary/aromatic N) is 4. The average Bonchev–Trinajstić information content (AvgIpc) is 3.64. The van der Waals surface area contributed by atoms with Crippen molar-refractivity contribution in [3.8, 4) is 11.3 Å². The van der Waals surface area contributed by atoms with E-state index in [9.17, 15) is 9.59 Å². The molecule has 0 aliphatic heterocycles. The lowest BCUT2D eigenvalue weighted by atomic mass is 9.84.